The summed E-state index contributed by atoms with van der Waals surface area (Å²) in [4.78, 5) is 0. The largest absolute Gasteiger partial charge is 0.398 e. The highest BCUT2D eigenvalue weighted by atomic mass is 14.9. The van der Waals surface area contributed by atoms with Crippen molar-refractivity contribution in [2.75, 3.05) is 5.73 Å². The summed E-state index contributed by atoms with van der Waals surface area (Å²) < 4.78 is 0. The number of aryl methyl sites for hydroxylation is 2. The lowest BCUT2D eigenvalue weighted by atomic mass is 9.95. The van der Waals surface area contributed by atoms with E-state index in [4.69, 9.17) is 5.73 Å². The van der Waals surface area contributed by atoms with E-state index in [0.29, 0.717) is 0 Å². The van der Waals surface area contributed by atoms with E-state index >= 15 is 0 Å². The van der Waals surface area contributed by atoms with Crippen molar-refractivity contribution in [2.24, 2.45) is 0 Å². The Balaban J connectivity index is 2.02. The van der Waals surface area contributed by atoms with Gasteiger partial charge in [0.25, 0.3) is 0 Å². The number of hydrogen-bond donors (Lipinski definition) is 2. The van der Waals surface area contributed by atoms with E-state index in [1.165, 1.54) is 48.8 Å². The molecule has 0 radical (unpaired) electrons. The van der Waals surface area contributed by atoms with E-state index in [1.807, 2.05) is 0 Å². The first-order valence-electron chi connectivity index (χ1n) is 7.88. The lowest BCUT2D eigenvalue weighted by molar-refractivity contribution is 0.372. The third-order valence-electron chi connectivity index (χ3n) is 4.37. The van der Waals surface area contributed by atoms with E-state index in [1.54, 1.807) is 0 Å². The monoisotopic (exact) mass is 260 g/mol. The minimum absolute atomic E-state index is 0.724. The molecule has 3 N–H and O–H groups in total. The van der Waals surface area contributed by atoms with Crippen LogP contribution in [0.25, 0.3) is 0 Å². The van der Waals surface area contributed by atoms with Crippen molar-refractivity contribution >= 4 is 5.69 Å². The van der Waals surface area contributed by atoms with Crippen LogP contribution in [0.5, 0.6) is 0 Å². The molecule has 0 amide bonds. The number of nitrogens with one attached hydrogen (secondary N) is 1. The summed E-state index contributed by atoms with van der Waals surface area (Å²) >= 11 is 0. The second-order valence-electron chi connectivity index (χ2n) is 5.75. The van der Waals surface area contributed by atoms with Gasteiger partial charge in [-0.25, -0.2) is 0 Å². The molecule has 0 aliphatic heterocycles. The Morgan fingerprint density at radius 1 is 1.05 bits per heavy atom. The zero-order chi connectivity index (χ0) is 13.7. The molecule has 1 aliphatic rings. The average Bonchev–Trinajstić information content (AvgIpc) is 2.47. The molecule has 0 aromatic heterocycles. The van der Waals surface area contributed by atoms with Gasteiger partial charge in [-0.05, 0) is 42.4 Å². The van der Waals surface area contributed by atoms with Gasteiger partial charge in [0.1, 0.15) is 0 Å². The average molecular weight is 260 g/mol. The number of benzene rings is 1. The fourth-order valence-electron chi connectivity index (χ4n) is 3.11. The summed E-state index contributed by atoms with van der Waals surface area (Å²) in [5.41, 5.74) is 11.2. The van der Waals surface area contributed by atoms with Crippen LogP contribution in [0.4, 0.5) is 5.69 Å². The molecule has 19 heavy (non-hydrogen) atoms. The lowest BCUT2D eigenvalue weighted by Crippen LogP contribution is -2.30. The Kier molecular flexibility index (Phi) is 5.26. The fraction of sp³-hybridized carbons (Fsp3) is 0.647. The predicted octanol–water partition coefficient (Wildman–Crippen LogP) is 3.82. The zero-order valence-electron chi connectivity index (χ0n) is 12.5. The molecule has 106 valence electrons. The van der Waals surface area contributed by atoms with Crippen molar-refractivity contribution in [1.29, 1.82) is 0 Å². The van der Waals surface area contributed by atoms with Gasteiger partial charge in [-0.1, -0.05) is 45.2 Å². The lowest BCUT2D eigenvalue weighted by Gasteiger charge is -2.23. The molecule has 0 atom stereocenters. The molecule has 1 aliphatic carbocycles. The van der Waals surface area contributed by atoms with Crippen molar-refractivity contribution in [3.63, 3.8) is 0 Å². The first kappa shape index (κ1) is 14.4. The van der Waals surface area contributed by atoms with Gasteiger partial charge >= 0.3 is 0 Å². The number of hydrogen-bond acceptors (Lipinski definition) is 2. The smallest absolute Gasteiger partial charge is 0.0379 e. The van der Waals surface area contributed by atoms with Crippen LogP contribution in [0.15, 0.2) is 12.1 Å². The fourth-order valence-corrected chi connectivity index (χ4v) is 3.11. The summed E-state index contributed by atoms with van der Waals surface area (Å²) in [6, 6.07) is 5.29. The van der Waals surface area contributed by atoms with Crippen molar-refractivity contribution < 1.29 is 0 Å². The van der Waals surface area contributed by atoms with Gasteiger partial charge in [-0.2, -0.15) is 0 Å². The van der Waals surface area contributed by atoms with Crippen LogP contribution in [0, 0.1) is 0 Å². The van der Waals surface area contributed by atoms with Crippen molar-refractivity contribution in [2.45, 2.75) is 71.4 Å². The minimum atomic E-state index is 0.724. The van der Waals surface area contributed by atoms with Crippen molar-refractivity contribution in [1.82, 2.24) is 5.32 Å². The van der Waals surface area contributed by atoms with Crippen LogP contribution < -0.4 is 11.1 Å². The Bertz CT molecular complexity index is 381. The Morgan fingerprint density at radius 2 is 1.63 bits per heavy atom. The highest BCUT2D eigenvalue weighted by Crippen LogP contribution is 2.22. The SMILES string of the molecule is CCc1cc(CNC2CCCCC2)cc(CC)c1N. The second kappa shape index (κ2) is 6.95. The Morgan fingerprint density at radius 3 is 2.16 bits per heavy atom. The maximum Gasteiger partial charge on any atom is 0.0379 e. The summed E-state index contributed by atoms with van der Waals surface area (Å²) in [6.07, 6.45) is 8.93. The van der Waals surface area contributed by atoms with Crippen LogP contribution in [-0.2, 0) is 19.4 Å². The summed E-state index contributed by atoms with van der Waals surface area (Å²) in [5.74, 6) is 0. The zero-order valence-corrected chi connectivity index (χ0v) is 12.5. The predicted molar refractivity (Wildman–Crippen MR) is 83.3 cm³/mol. The van der Waals surface area contributed by atoms with Gasteiger partial charge in [0.2, 0.25) is 0 Å². The van der Waals surface area contributed by atoms with Crippen LogP contribution in [-0.4, -0.2) is 6.04 Å². The topological polar surface area (TPSA) is 38.0 Å². The molecule has 0 saturated heterocycles. The summed E-state index contributed by atoms with van der Waals surface area (Å²) in [6.45, 7) is 5.36. The normalized spacial score (nSPS) is 16.7. The molecule has 2 rings (SSSR count). The molecule has 0 unspecified atom stereocenters. The van der Waals surface area contributed by atoms with Gasteiger partial charge in [0.15, 0.2) is 0 Å². The Hall–Kier alpha value is -1.02. The standard InChI is InChI=1S/C17H28N2/c1-3-14-10-13(11-15(4-2)17(14)18)12-19-16-8-6-5-7-9-16/h10-11,16,19H,3-9,12,18H2,1-2H3. The summed E-state index contributed by atoms with van der Waals surface area (Å²) in [7, 11) is 0. The van der Waals surface area contributed by atoms with Crippen LogP contribution in [0.2, 0.25) is 0 Å². The third kappa shape index (κ3) is 3.73. The maximum absolute atomic E-state index is 6.19. The first-order chi connectivity index (χ1) is 9.24. The van der Waals surface area contributed by atoms with E-state index in [0.717, 1.165) is 31.1 Å². The van der Waals surface area contributed by atoms with E-state index in [-0.39, 0.29) is 0 Å². The molecular formula is C17H28N2. The molecule has 0 bridgehead atoms. The van der Waals surface area contributed by atoms with Gasteiger partial charge in [-0.3, -0.25) is 0 Å². The van der Waals surface area contributed by atoms with Gasteiger partial charge in [0.05, 0.1) is 0 Å². The Labute approximate surface area is 117 Å². The molecule has 1 saturated carbocycles. The third-order valence-corrected chi connectivity index (χ3v) is 4.37. The number of nitrogens with two attached hydrogens (primary N) is 1. The molecular weight excluding hydrogens is 232 g/mol. The van der Waals surface area contributed by atoms with E-state index in [2.05, 4.69) is 31.3 Å². The molecule has 0 heterocycles. The van der Waals surface area contributed by atoms with Gasteiger partial charge < -0.3 is 11.1 Å². The molecule has 1 fully saturated rings. The van der Waals surface area contributed by atoms with E-state index < -0.39 is 0 Å². The number of rotatable bonds is 5. The number of nitrogen functional groups attached to an aromatic ring is 1. The van der Waals surface area contributed by atoms with Crippen molar-refractivity contribution in [3.05, 3.63) is 28.8 Å². The van der Waals surface area contributed by atoms with Gasteiger partial charge in [-0.15, -0.1) is 0 Å². The quantitative estimate of drug-likeness (QED) is 0.790. The maximum atomic E-state index is 6.19. The molecule has 2 heteroatoms. The molecule has 1 aromatic carbocycles. The first-order valence-corrected chi connectivity index (χ1v) is 7.88. The highest BCUT2D eigenvalue weighted by molar-refractivity contribution is 5.55. The molecule has 1 aromatic rings. The van der Waals surface area contributed by atoms with Crippen LogP contribution >= 0.6 is 0 Å². The number of anilines is 1. The minimum Gasteiger partial charge on any atom is -0.398 e. The van der Waals surface area contributed by atoms with Crippen molar-refractivity contribution in [3.8, 4) is 0 Å². The van der Waals surface area contributed by atoms with E-state index in [9.17, 15) is 0 Å². The highest BCUT2D eigenvalue weighted by Gasteiger charge is 2.13. The van der Waals surface area contributed by atoms with Crippen LogP contribution in [0.1, 0.15) is 62.6 Å². The molecule has 2 nitrogen and oxygen atoms in total. The van der Waals surface area contributed by atoms with Gasteiger partial charge in [0, 0.05) is 18.3 Å². The second-order valence-corrected chi connectivity index (χ2v) is 5.75. The molecule has 0 spiro atoms. The summed E-state index contributed by atoms with van der Waals surface area (Å²) in [5, 5.41) is 3.72. The van der Waals surface area contributed by atoms with Crippen LogP contribution in [0.3, 0.4) is 0 Å².